The highest BCUT2D eigenvalue weighted by atomic mass is 32.2. The highest BCUT2D eigenvalue weighted by Gasteiger charge is 2.17. The van der Waals surface area contributed by atoms with Crippen molar-refractivity contribution in [2.45, 2.75) is 12.2 Å². The summed E-state index contributed by atoms with van der Waals surface area (Å²) in [6.07, 6.45) is 3.94. The molecule has 0 saturated heterocycles. The number of hydrogen-bond donors (Lipinski definition) is 0. The molecule has 108 valence electrons. The molecule has 0 amide bonds. The van der Waals surface area contributed by atoms with Crippen LogP contribution >= 0.6 is 11.8 Å². The molecule has 0 saturated carbocycles. The van der Waals surface area contributed by atoms with Gasteiger partial charge < -0.3 is 4.74 Å². The Labute approximate surface area is 120 Å². The molecule has 19 heavy (non-hydrogen) atoms. The van der Waals surface area contributed by atoms with Crippen molar-refractivity contribution < 1.29 is 13.2 Å². The largest absolute Gasteiger partial charge is 0.385 e. The maximum Gasteiger partial charge on any atom is 0.232 e. The van der Waals surface area contributed by atoms with Crippen molar-refractivity contribution >= 4 is 27.5 Å². The molecule has 1 rings (SSSR count). The van der Waals surface area contributed by atoms with Gasteiger partial charge in [-0.05, 0) is 30.4 Å². The van der Waals surface area contributed by atoms with Crippen LogP contribution in [0.2, 0.25) is 0 Å². The van der Waals surface area contributed by atoms with E-state index in [0.29, 0.717) is 19.6 Å². The molecular weight excluding hydrogens is 282 g/mol. The smallest absolute Gasteiger partial charge is 0.232 e. The number of methoxy groups -OCH3 is 1. The first-order chi connectivity index (χ1) is 8.99. The Morgan fingerprint density at radius 2 is 2.11 bits per heavy atom. The normalized spacial score (nSPS) is 11.5. The van der Waals surface area contributed by atoms with E-state index in [1.165, 1.54) is 10.6 Å². The van der Waals surface area contributed by atoms with E-state index >= 15 is 0 Å². The third-order valence-corrected chi connectivity index (χ3v) is 4.44. The maximum atomic E-state index is 11.9. The van der Waals surface area contributed by atoms with Crippen LogP contribution < -0.4 is 4.31 Å². The number of nitrogens with zero attached hydrogens (tertiary/aromatic N) is 1. The molecule has 1 aromatic rings. The lowest BCUT2D eigenvalue weighted by atomic mass is 10.2. The number of rotatable bonds is 8. The number of thioether (sulfide) groups is 1. The summed E-state index contributed by atoms with van der Waals surface area (Å²) in [6, 6.07) is 7.67. The first kappa shape index (κ1) is 16.3. The Balaban J connectivity index is 2.93. The minimum absolute atomic E-state index is 0.440. The van der Waals surface area contributed by atoms with Crippen LogP contribution in [0.25, 0.3) is 0 Å². The summed E-state index contributed by atoms with van der Waals surface area (Å²) in [6.45, 7) is 0.992. The molecule has 1 aromatic carbocycles. The summed E-state index contributed by atoms with van der Waals surface area (Å²) < 4.78 is 30.2. The molecule has 0 bridgehead atoms. The van der Waals surface area contributed by atoms with Gasteiger partial charge in [0, 0.05) is 26.0 Å². The average molecular weight is 303 g/mol. The van der Waals surface area contributed by atoms with Crippen LogP contribution in [0.1, 0.15) is 12.0 Å². The van der Waals surface area contributed by atoms with E-state index in [-0.39, 0.29) is 0 Å². The van der Waals surface area contributed by atoms with Crippen molar-refractivity contribution in [2.75, 3.05) is 37.1 Å². The first-order valence-corrected chi connectivity index (χ1v) is 9.27. The van der Waals surface area contributed by atoms with Gasteiger partial charge in [-0.15, -0.1) is 0 Å². The number of benzene rings is 1. The van der Waals surface area contributed by atoms with Crippen LogP contribution in [-0.2, 0) is 20.5 Å². The van der Waals surface area contributed by atoms with E-state index in [9.17, 15) is 8.42 Å². The molecule has 0 heterocycles. The van der Waals surface area contributed by atoms with Crippen LogP contribution in [0.3, 0.4) is 0 Å². The molecule has 4 nitrogen and oxygen atoms in total. The van der Waals surface area contributed by atoms with Crippen molar-refractivity contribution in [3.8, 4) is 0 Å². The molecular formula is C13H21NO3S2. The molecule has 6 heteroatoms. The van der Waals surface area contributed by atoms with Gasteiger partial charge in [0.05, 0.1) is 11.9 Å². The lowest BCUT2D eigenvalue weighted by Crippen LogP contribution is -2.31. The van der Waals surface area contributed by atoms with Gasteiger partial charge in [0.25, 0.3) is 0 Å². The van der Waals surface area contributed by atoms with Crippen molar-refractivity contribution in [3.63, 3.8) is 0 Å². The predicted octanol–water partition coefficient (Wildman–Crippen LogP) is 2.35. The van der Waals surface area contributed by atoms with Crippen molar-refractivity contribution in [1.82, 2.24) is 0 Å². The van der Waals surface area contributed by atoms with Gasteiger partial charge in [0.2, 0.25) is 10.0 Å². The van der Waals surface area contributed by atoms with Crippen LogP contribution in [-0.4, -0.2) is 41.2 Å². The number of anilines is 1. The third-order valence-electron chi connectivity index (χ3n) is 2.62. The summed E-state index contributed by atoms with van der Waals surface area (Å²) in [7, 11) is -1.64. The minimum Gasteiger partial charge on any atom is -0.385 e. The number of ether oxygens (including phenoxy) is 1. The van der Waals surface area contributed by atoms with Gasteiger partial charge in [0.1, 0.15) is 0 Å². The second-order valence-corrected chi connectivity index (χ2v) is 7.06. The molecule has 0 aliphatic rings. The third kappa shape index (κ3) is 5.42. The molecule has 0 N–H and O–H groups in total. The monoisotopic (exact) mass is 303 g/mol. The van der Waals surface area contributed by atoms with Crippen LogP contribution in [0.5, 0.6) is 0 Å². The zero-order chi connectivity index (χ0) is 14.3. The Morgan fingerprint density at radius 1 is 1.37 bits per heavy atom. The topological polar surface area (TPSA) is 46.6 Å². The SMILES string of the molecule is COCCCN(c1cccc(CSC)c1)S(C)(=O)=O. The summed E-state index contributed by atoms with van der Waals surface area (Å²) in [5, 5.41) is 0. The number of hydrogen-bond acceptors (Lipinski definition) is 4. The summed E-state index contributed by atoms with van der Waals surface area (Å²) in [4.78, 5) is 0. The van der Waals surface area contributed by atoms with Gasteiger partial charge in [0.15, 0.2) is 0 Å². The van der Waals surface area contributed by atoms with E-state index in [2.05, 4.69) is 0 Å². The van der Waals surface area contributed by atoms with Gasteiger partial charge in [-0.3, -0.25) is 4.31 Å². The Morgan fingerprint density at radius 3 is 2.68 bits per heavy atom. The molecule has 0 radical (unpaired) electrons. The molecule has 0 atom stereocenters. The zero-order valence-electron chi connectivity index (χ0n) is 11.6. The Bertz CT molecular complexity index is 488. The number of sulfonamides is 1. The van der Waals surface area contributed by atoms with Crippen molar-refractivity contribution in [2.24, 2.45) is 0 Å². The standard InChI is InChI=1S/C13H21NO3S2/c1-17-9-5-8-14(19(3,15)16)13-7-4-6-12(10-13)11-18-2/h4,6-7,10H,5,8-9,11H2,1-3H3. The van der Waals surface area contributed by atoms with Gasteiger partial charge in [-0.25, -0.2) is 8.42 Å². The van der Waals surface area contributed by atoms with Crippen LogP contribution in [0.4, 0.5) is 5.69 Å². The Kier molecular flexibility index (Phi) is 6.68. The fraction of sp³-hybridized carbons (Fsp3) is 0.538. The quantitative estimate of drug-likeness (QED) is 0.692. The van der Waals surface area contributed by atoms with Crippen molar-refractivity contribution in [1.29, 1.82) is 0 Å². The summed E-state index contributed by atoms with van der Waals surface area (Å²) in [5.74, 6) is 0.878. The second-order valence-electron chi connectivity index (χ2n) is 4.28. The van der Waals surface area contributed by atoms with E-state index in [1.54, 1.807) is 18.9 Å². The highest BCUT2D eigenvalue weighted by molar-refractivity contribution is 7.97. The molecule has 0 aliphatic carbocycles. The fourth-order valence-electron chi connectivity index (χ4n) is 1.81. The van der Waals surface area contributed by atoms with Gasteiger partial charge >= 0.3 is 0 Å². The lowest BCUT2D eigenvalue weighted by Gasteiger charge is -2.22. The molecule has 0 fully saturated rings. The zero-order valence-corrected chi connectivity index (χ0v) is 13.3. The predicted molar refractivity (Wildman–Crippen MR) is 82.3 cm³/mol. The van der Waals surface area contributed by atoms with E-state index in [0.717, 1.165) is 17.0 Å². The fourth-order valence-corrected chi connectivity index (χ4v) is 3.28. The first-order valence-electron chi connectivity index (χ1n) is 6.03. The van der Waals surface area contributed by atoms with Crippen molar-refractivity contribution in [3.05, 3.63) is 29.8 Å². The average Bonchev–Trinajstić information content (AvgIpc) is 2.34. The maximum absolute atomic E-state index is 11.9. The molecule has 0 aromatic heterocycles. The van der Waals surface area contributed by atoms with E-state index < -0.39 is 10.0 Å². The van der Waals surface area contributed by atoms with Crippen LogP contribution in [0.15, 0.2) is 24.3 Å². The van der Waals surface area contributed by atoms with Crippen LogP contribution in [0, 0.1) is 0 Å². The second kappa shape index (κ2) is 7.77. The Hall–Kier alpha value is -0.720. The highest BCUT2D eigenvalue weighted by Crippen LogP contribution is 2.21. The lowest BCUT2D eigenvalue weighted by molar-refractivity contribution is 0.197. The summed E-state index contributed by atoms with van der Waals surface area (Å²) in [5.41, 5.74) is 1.86. The van der Waals surface area contributed by atoms with E-state index in [1.807, 2.05) is 30.5 Å². The minimum atomic E-state index is -3.26. The molecule has 0 unspecified atom stereocenters. The summed E-state index contributed by atoms with van der Waals surface area (Å²) >= 11 is 1.72. The van der Waals surface area contributed by atoms with Gasteiger partial charge in [-0.1, -0.05) is 12.1 Å². The van der Waals surface area contributed by atoms with Gasteiger partial charge in [-0.2, -0.15) is 11.8 Å². The molecule has 0 spiro atoms. The molecule has 0 aliphatic heterocycles. The van der Waals surface area contributed by atoms with E-state index in [4.69, 9.17) is 4.74 Å².